The minimum atomic E-state index is -4.26. The summed E-state index contributed by atoms with van der Waals surface area (Å²) >= 11 is 0. The molecule has 0 aromatic heterocycles. The zero-order chi connectivity index (χ0) is 53.6. The van der Waals surface area contributed by atoms with Gasteiger partial charge >= 0.3 is 24.1 Å². The van der Waals surface area contributed by atoms with Crippen molar-refractivity contribution in [3.05, 3.63) is 58.1 Å². The lowest BCUT2D eigenvalue weighted by Gasteiger charge is -2.25. The molecule has 0 spiro atoms. The van der Waals surface area contributed by atoms with Crippen molar-refractivity contribution in [2.24, 2.45) is 16.6 Å². The van der Waals surface area contributed by atoms with E-state index in [1.165, 1.54) is 0 Å². The number of urea groups is 1. The number of hydrogen-bond donors (Lipinski definition) is 9. The van der Waals surface area contributed by atoms with Crippen molar-refractivity contribution in [3.63, 3.8) is 0 Å². The molecule has 0 bridgehead atoms. The van der Waals surface area contributed by atoms with Gasteiger partial charge in [0.25, 0.3) is 10.0 Å². The highest BCUT2D eigenvalue weighted by Crippen LogP contribution is 2.43. The Kier molecular flexibility index (Phi) is 20.6. The lowest BCUT2D eigenvalue weighted by molar-refractivity contribution is -0.158. The number of benzene rings is 2. The van der Waals surface area contributed by atoms with Crippen LogP contribution in [0.1, 0.15) is 115 Å². The topological polar surface area (TPSA) is 341 Å². The van der Waals surface area contributed by atoms with Gasteiger partial charge in [0.15, 0.2) is 0 Å². The molecule has 0 saturated heterocycles. The fourth-order valence-corrected chi connectivity index (χ4v) is 8.88. The first kappa shape index (κ1) is 58.6. The first-order chi connectivity index (χ1) is 32.8. The van der Waals surface area contributed by atoms with Gasteiger partial charge in [-0.1, -0.05) is 30.3 Å². The highest BCUT2D eigenvalue weighted by atomic mass is 32.2. The van der Waals surface area contributed by atoms with E-state index in [0.717, 1.165) is 10.6 Å². The third-order valence-electron chi connectivity index (χ3n) is 10.6. The first-order valence-corrected chi connectivity index (χ1v) is 24.6. The number of carbonyl (C=O) groups is 7. The van der Waals surface area contributed by atoms with Crippen molar-refractivity contribution < 1.29 is 61.3 Å². The number of hydrogen-bond acceptors (Lipinski definition) is 14. The number of aliphatic carboxylic acids is 1. The number of nitrogens with two attached hydrogens (primary N) is 2. The summed E-state index contributed by atoms with van der Waals surface area (Å²) in [4.78, 5) is 95.0. The number of aliphatic imine (C=N–C) groups is 1. The van der Waals surface area contributed by atoms with E-state index in [1.54, 1.807) is 92.6 Å². The molecule has 0 radical (unpaired) electrons. The molecule has 0 unspecified atom stereocenters. The lowest BCUT2D eigenvalue weighted by atomic mass is 9.94. The van der Waals surface area contributed by atoms with E-state index >= 15 is 0 Å². The van der Waals surface area contributed by atoms with Crippen LogP contribution in [0.5, 0.6) is 5.75 Å². The van der Waals surface area contributed by atoms with Crippen LogP contribution in [0.3, 0.4) is 0 Å². The molecule has 394 valence electrons. The molecule has 1 heterocycles. The van der Waals surface area contributed by atoms with E-state index < -0.39 is 106 Å². The zero-order valence-electron chi connectivity index (χ0n) is 42.5. The van der Waals surface area contributed by atoms with Crippen LogP contribution in [0.2, 0.25) is 0 Å². The van der Waals surface area contributed by atoms with Gasteiger partial charge in [0.2, 0.25) is 23.7 Å². The number of rotatable bonds is 22. The van der Waals surface area contributed by atoms with Gasteiger partial charge in [-0.15, -0.1) is 0 Å². The predicted molar refractivity (Wildman–Crippen MR) is 262 cm³/mol. The highest BCUT2D eigenvalue weighted by Gasteiger charge is 2.37. The van der Waals surface area contributed by atoms with E-state index in [9.17, 15) is 47.1 Å². The van der Waals surface area contributed by atoms with Gasteiger partial charge in [-0.2, -0.15) is 0 Å². The molecule has 3 rings (SSSR count). The van der Waals surface area contributed by atoms with Crippen LogP contribution in [-0.2, 0) is 56.4 Å². The molecule has 11 N–H and O–H groups in total. The van der Waals surface area contributed by atoms with E-state index in [-0.39, 0.29) is 50.2 Å². The molecule has 0 saturated carbocycles. The van der Waals surface area contributed by atoms with Gasteiger partial charge in [-0.05, 0) is 124 Å². The second kappa shape index (κ2) is 24.9. The Morgan fingerprint density at radius 2 is 1.44 bits per heavy atom. The number of guanidine groups is 1. The molecular formula is C47H72N10O13S. The van der Waals surface area contributed by atoms with E-state index in [1.807, 2.05) is 13.8 Å². The molecule has 2 aromatic rings. The average molecular weight is 1020 g/mol. The molecule has 3 atom stereocenters. The zero-order valence-corrected chi connectivity index (χ0v) is 43.3. The number of fused-ring (bicyclic) bond motifs is 1. The molecule has 6 amide bonds. The number of ether oxygens (including phenoxy) is 3. The summed E-state index contributed by atoms with van der Waals surface area (Å²) < 4.78 is 46.4. The smallest absolute Gasteiger partial charge is 0.407 e. The van der Waals surface area contributed by atoms with E-state index in [2.05, 4.69) is 36.3 Å². The summed E-state index contributed by atoms with van der Waals surface area (Å²) in [6.07, 6.45) is -1.07. The molecule has 0 aliphatic carbocycles. The molecule has 2 aromatic carbocycles. The summed E-state index contributed by atoms with van der Waals surface area (Å²) in [5, 5.41) is 22.8. The molecule has 1 aliphatic rings. The van der Waals surface area contributed by atoms with Crippen LogP contribution in [0, 0.1) is 20.8 Å². The van der Waals surface area contributed by atoms with Crippen molar-refractivity contribution in [2.45, 2.75) is 161 Å². The Bertz CT molecular complexity index is 2420. The van der Waals surface area contributed by atoms with Crippen molar-refractivity contribution in [3.8, 4) is 5.75 Å². The van der Waals surface area contributed by atoms with Crippen LogP contribution in [0.25, 0.3) is 0 Å². The summed E-state index contributed by atoms with van der Waals surface area (Å²) in [7, 11) is -4.26. The monoisotopic (exact) mass is 1020 g/mol. The van der Waals surface area contributed by atoms with Crippen molar-refractivity contribution in [2.75, 3.05) is 19.6 Å². The number of carbonyl (C=O) groups excluding carboxylic acids is 6. The quantitative estimate of drug-likeness (QED) is 0.0156. The molecular weight excluding hydrogens is 945 g/mol. The SMILES string of the molecule is Cc1c(C)c(S(=O)(=O)NC(N)=NCCC[C@H](NC(=O)[C@H](CCCNC(=O)OC(C)(C)C)NC(=O)N(N)Cc2ccccc2)C(=O)NCC(=O)N[C@@H](CC(=O)OC(C)(C)C)C(=O)O)c(C)c2c1OC(C)(C)C2. The summed E-state index contributed by atoms with van der Waals surface area (Å²) in [5.74, 6) is 1.07. The Balaban J connectivity index is 1.84. The predicted octanol–water partition coefficient (Wildman–Crippen LogP) is 2.36. The van der Waals surface area contributed by atoms with E-state index in [0.29, 0.717) is 34.4 Å². The first-order valence-electron chi connectivity index (χ1n) is 23.1. The van der Waals surface area contributed by atoms with Gasteiger partial charge < -0.3 is 51.6 Å². The fourth-order valence-electron chi connectivity index (χ4n) is 7.35. The number of carboxylic acids is 1. The average Bonchev–Trinajstić information content (AvgIpc) is 3.58. The fraction of sp³-hybridized carbons (Fsp3) is 0.574. The third kappa shape index (κ3) is 19.2. The van der Waals surface area contributed by atoms with Crippen LogP contribution in [0.15, 0.2) is 40.2 Å². The van der Waals surface area contributed by atoms with Gasteiger partial charge in [0, 0.05) is 25.1 Å². The van der Waals surface area contributed by atoms with Gasteiger partial charge in [0.05, 0.1) is 24.4 Å². The van der Waals surface area contributed by atoms with E-state index in [4.69, 9.17) is 25.8 Å². The lowest BCUT2D eigenvalue weighted by Crippen LogP contribution is -2.57. The highest BCUT2D eigenvalue weighted by molar-refractivity contribution is 7.90. The largest absolute Gasteiger partial charge is 0.487 e. The van der Waals surface area contributed by atoms with Gasteiger partial charge in [-0.3, -0.25) is 29.2 Å². The third-order valence-corrected chi connectivity index (χ3v) is 12.2. The maximum absolute atomic E-state index is 14.1. The normalized spacial score (nSPS) is 14.6. The maximum atomic E-state index is 14.1. The van der Waals surface area contributed by atoms with Gasteiger partial charge in [-0.25, -0.2) is 33.4 Å². The number of nitrogens with one attached hydrogen (secondary N) is 6. The molecule has 23 nitrogen and oxygen atoms in total. The minimum absolute atomic E-state index is 0.00309. The summed E-state index contributed by atoms with van der Waals surface area (Å²) in [5.41, 5.74) is 6.97. The summed E-state index contributed by atoms with van der Waals surface area (Å²) in [6, 6.07) is 3.44. The Hall–Kier alpha value is -6.69. The maximum Gasteiger partial charge on any atom is 0.407 e. The number of carboxylic acid groups (broad SMARTS) is 1. The van der Waals surface area contributed by atoms with Crippen molar-refractivity contribution in [1.29, 1.82) is 0 Å². The Labute approximate surface area is 415 Å². The molecule has 0 fully saturated rings. The number of sulfonamides is 1. The summed E-state index contributed by atoms with van der Waals surface area (Å²) in [6.45, 7) is 17.8. The van der Waals surface area contributed by atoms with Crippen LogP contribution in [-0.4, -0.2) is 121 Å². The Morgan fingerprint density at radius 3 is 2.04 bits per heavy atom. The molecule has 24 heteroatoms. The van der Waals surface area contributed by atoms with Gasteiger partial charge in [0.1, 0.15) is 40.7 Å². The number of esters is 1. The number of alkyl carbamates (subject to hydrolysis) is 1. The van der Waals surface area contributed by atoms with Crippen molar-refractivity contribution >= 4 is 57.8 Å². The standard InChI is InChI=1S/C47H72N10O13S/c1-27-28(2)38(29(3)31-24-47(10,11)69-37(27)31)71(66,67)56-42(48)50-21-15-19-32(39(60)52-25-35(58)53-34(41(62)63)23-36(59)68-45(4,5)6)54-40(61)33(20-16-22-51-44(65)70-46(7,8)9)55-43(64)57(49)26-30-17-13-12-14-18-30/h12-14,17-18,32-34H,15-16,19-26,49H2,1-11H3,(H,51,65)(H,52,60)(H,53,58)(H,54,61)(H,55,64)(H,62,63)(H3,48,50,56)/t32-,33-,34-/m0/s1. The Morgan fingerprint density at radius 1 is 0.831 bits per heavy atom. The van der Waals surface area contributed by atoms with Crippen LogP contribution in [0.4, 0.5) is 9.59 Å². The number of nitrogens with zero attached hydrogens (tertiary/aromatic N) is 2. The number of hydrazine groups is 1. The second-order valence-corrected chi connectivity index (χ2v) is 21.4. The second-order valence-electron chi connectivity index (χ2n) is 19.8. The minimum Gasteiger partial charge on any atom is -0.487 e. The van der Waals surface area contributed by atoms with Crippen LogP contribution >= 0.6 is 0 Å². The number of amides is 6. The molecule has 71 heavy (non-hydrogen) atoms. The van der Waals surface area contributed by atoms with Crippen LogP contribution < -0.4 is 47.6 Å². The molecule has 1 aliphatic heterocycles. The van der Waals surface area contributed by atoms with Crippen molar-refractivity contribution in [1.82, 2.24) is 36.3 Å².